The van der Waals surface area contributed by atoms with Gasteiger partial charge in [-0.25, -0.2) is 5.48 Å². The van der Waals surface area contributed by atoms with Crippen LogP contribution < -0.4 is 5.48 Å². The summed E-state index contributed by atoms with van der Waals surface area (Å²) in [6, 6.07) is 6.06. The molecule has 4 nitrogen and oxygen atoms in total. The van der Waals surface area contributed by atoms with Crippen LogP contribution in [-0.2, 0) is 4.79 Å². The van der Waals surface area contributed by atoms with Crippen molar-refractivity contribution in [3.63, 3.8) is 0 Å². The quantitative estimate of drug-likeness (QED) is 0.486. The van der Waals surface area contributed by atoms with E-state index in [2.05, 4.69) is 0 Å². The van der Waals surface area contributed by atoms with E-state index in [-0.39, 0.29) is 11.1 Å². The molecule has 0 aliphatic heterocycles. The number of amides is 1. The molecule has 0 aliphatic carbocycles. The van der Waals surface area contributed by atoms with Gasteiger partial charge in [0.2, 0.25) is 6.29 Å². The van der Waals surface area contributed by atoms with Crippen LogP contribution >= 0.6 is 0 Å². The molecule has 0 heterocycles. The minimum Gasteiger partial charge on any atom is -0.288 e. The summed E-state index contributed by atoms with van der Waals surface area (Å²) in [6.07, 6.45) is 1.59. The fraction of sp³-hybridized carbons (Fsp3) is 0. The van der Waals surface area contributed by atoms with Crippen LogP contribution in [-0.4, -0.2) is 17.4 Å². The molecule has 0 spiro atoms. The molecule has 0 aliphatic rings. The number of hydrogen-bond acceptors (Lipinski definition) is 3. The Hall–Kier alpha value is -1.68. The maximum atomic E-state index is 10.9. The zero-order valence-corrected chi connectivity index (χ0v) is 6.07. The zero-order valence-electron chi connectivity index (χ0n) is 6.07. The van der Waals surface area contributed by atoms with Crippen molar-refractivity contribution in [3.05, 3.63) is 35.4 Å². The number of carbonyl (C=O) groups is 1. The van der Waals surface area contributed by atoms with Crippen molar-refractivity contribution in [1.29, 1.82) is 0 Å². The lowest BCUT2D eigenvalue weighted by Gasteiger charge is -1.99. The summed E-state index contributed by atoms with van der Waals surface area (Å²) in [5, 5.41) is 8.28. The van der Waals surface area contributed by atoms with Crippen LogP contribution in [0.3, 0.4) is 0 Å². The average Bonchev–Trinajstić information content (AvgIpc) is 2.16. The van der Waals surface area contributed by atoms with Gasteiger partial charge in [-0.3, -0.25) is 14.8 Å². The summed E-state index contributed by atoms with van der Waals surface area (Å²) in [5.74, 6) is -0.714. The van der Waals surface area contributed by atoms with Gasteiger partial charge in [-0.1, -0.05) is 18.2 Å². The Morgan fingerprint density at radius 2 is 2.08 bits per heavy atom. The molecule has 0 aromatic heterocycles. The van der Waals surface area contributed by atoms with Crippen LogP contribution in [0.15, 0.2) is 24.3 Å². The normalized spacial score (nSPS) is 9.08. The highest BCUT2D eigenvalue weighted by molar-refractivity contribution is 6.00. The van der Waals surface area contributed by atoms with E-state index in [1.165, 1.54) is 17.6 Å². The first-order valence-electron chi connectivity index (χ1n) is 3.21. The molecule has 4 heteroatoms. The first-order chi connectivity index (χ1) is 5.79. The maximum absolute atomic E-state index is 10.9. The van der Waals surface area contributed by atoms with Crippen LogP contribution in [0.1, 0.15) is 15.9 Å². The Kier molecular flexibility index (Phi) is 2.55. The molecule has 2 N–H and O–H groups in total. The van der Waals surface area contributed by atoms with E-state index in [1.54, 1.807) is 18.4 Å². The first-order valence-corrected chi connectivity index (χ1v) is 3.21. The molecule has 1 rings (SSSR count). The third kappa shape index (κ3) is 1.49. The summed E-state index contributed by atoms with van der Waals surface area (Å²) >= 11 is 0. The highest BCUT2D eigenvalue weighted by Gasteiger charge is 2.08. The molecule has 1 aromatic carbocycles. The molecule has 61 valence electrons. The molecule has 0 bridgehead atoms. The van der Waals surface area contributed by atoms with Crippen molar-refractivity contribution in [2.45, 2.75) is 0 Å². The second-order valence-corrected chi connectivity index (χ2v) is 2.09. The molecule has 0 atom stereocenters. The monoisotopic (exact) mass is 164 g/mol. The highest BCUT2D eigenvalue weighted by Crippen LogP contribution is 2.04. The smallest absolute Gasteiger partial charge is 0.275 e. The topological polar surface area (TPSA) is 66.4 Å². The lowest BCUT2D eigenvalue weighted by Crippen LogP contribution is -2.20. The number of hydroxylamine groups is 1. The predicted octanol–water partition coefficient (Wildman–Crippen LogP) is 0.263. The Balaban J connectivity index is 3.13. The van der Waals surface area contributed by atoms with Crippen LogP contribution in [0, 0.1) is 0 Å². The second-order valence-electron chi connectivity index (χ2n) is 2.09. The van der Waals surface area contributed by atoms with Gasteiger partial charge in [-0.2, -0.15) is 0 Å². The number of benzene rings is 1. The summed E-state index contributed by atoms with van der Waals surface area (Å²) in [7, 11) is 0. The van der Waals surface area contributed by atoms with E-state index < -0.39 is 5.91 Å². The van der Waals surface area contributed by atoms with Crippen molar-refractivity contribution in [1.82, 2.24) is 5.48 Å². The average molecular weight is 164 g/mol. The van der Waals surface area contributed by atoms with Gasteiger partial charge < -0.3 is 0 Å². The predicted molar refractivity (Wildman–Crippen MR) is 40.5 cm³/mol. The van der Waals surface area contributed by atoms with Gasteiger partial charge in [-0.15, -0.1) is 0 Å². The summed E-state index contributed by atoms with van der Waals surface area (Å²) in [4.78, 5) is 21.1. The van der Waals surface area contributed by atoms with E-state index in [0.29, 0.717) is 0 Å². The van der Waals surface area contributed by atoms with Crippen molar-refractivity contribution in [2.75, 3.05) is 0 Å². The number of carbonyl (C=O) groups excluding carboxylic acids is 2. The molecular formula is C8H6NO3. The molecule has 12 heavy (non-hydrogen) atoms. The SMILES string of the molecule is O=[C]c1ccccc1C(=O)NO. The number of rotatable bonds is 2. The Morgan fingerprint density at radius 1 is 1.42 bits per heavy atom. The summed E-state index contributed by atoms with van der Waals surface area (Å²) in [6.45, 7) is 0. The fourth-order valence-electron chi connectivity index (χ4n) is 0.830. The second kappa shape index (κ2) is 3.64. The standard InChI is InChI=1S/C8H6NO3/c10-5-6-3-1-2-4-7(6)8(11)9-12/h1-4,12H,(H,9,11). The van der Waals surface area contributed by atoms with E-state index in [9.17, 15) is 9.59 Å². The van der Waals surface area contributed by atoms with E-state index in [4.69, 9.17) is 5.21 Å². The van der Waals surface area contributed by atoms with Gasteiger partial charge in [-0.05, 0) is 6.07 Å². The van der Waals surface area contributed by atoms with Gasteiger partial charge in [0.25, 0.3) is 5.91 Å². The van der Waals surface area contributed by atoms with Gasteiger partial charge >= 0.3 is 0 Å². The van der Waals surface area contributed by atoms with E-state index >= 15 is 0 Å². The molecule has 0 saturated heterocycles. The van der Waals surface area contributed by atoms with Gasteiger partial charge in [0.1, 0.15) is 0 Å². The first kappa shape index (κ1) is 8.42. The minimum absolute atomic E-state index is 0.106. The summed E-state index contributed by atoms with van der Waals surface area (Å²) < 4.78 is 0. The summed E-state index contributed by atoms with van der Waals surface area (Å²) in [5.41, 5.74) is 1.67. The molecule has 0 fully saturated rings. The van der Waals surface area contributed by atoms with Crippen LogP contribution in [0.4, 0.5) is 0 Å². The maximum Gasteiger partial charge on any atom is 0.275 e. The molecule has 1 aromatic rings. The van der Waals surface area contributed by atoms with E-state index in [0.717, 1.165) is 0 Å². The van der Waals surface area contributed by atoms with Gasteiger partial charge in [0.05, 0.1) is 5.56 Å². The van der Waals surface area contributed by atoms with Crippen LogP contribution in [0.2, 0.25) is 0 Å². The van der Waals surface area contributed by atoms with Crippen molar-refractivity contribution in [2.24, 2.45) is 0 Å². The Bertz CT molecular complexity index is 309. The lowest BCUT2D eigenvalue weighted by molar-refractivity contribution is 0.0706. The molecule has 0 saturated carbocycles. The van der Waals surface area contributed by atoms with E-state index in [1.807, 2.05) is 0 Å². The highest BCUT2D eigenvalue weighted by atomic mass is 16.5. The minimum atomic E-state index is -0.714. The molecule has 1 amide bonds. The Labute approximate surface area is 68.8 Å². The van der Waals surface area contributed by atoms with Gasteiger partial charge in [0.15, 0.2) is 0 Å². The Morgan fingerprint density at radius 3 is 2.67 bits per heavy atom. The lowest BCUT2D eigenvalue weighted by atomic mass is 10.1. The van der Waals surface area contributed by atoms with Crippen molar-refractivity contribution in [3.8, 4) is 0 Å². The fourth-order valence-corrected chi connectivity index (χ4v) is 0.830. The number of hydrogen-bond donors (Lipinski definition) is 2. The van der Waals surface area contributed by atoms with Gasteiger partial charge in [0, 0.05) is 5.56 Å². The van der Waals surface area contributed by atoms with Crippen LogP contribution in [0.25, 0.3) is 0 Å². The third-order valence-electron chi connectivity index (χ3n) is 1.38. The molecule has 0 unspecified atom stereocenters. The zero-order chi connectivity index (χ0) is 8.97. The molecular weight excluding hydrogens is 158 g/mol. The number of nitrogens with one attached hydrogen (secondary N) is 1. The van der Waals surface area contributed by atoms with Crippen molar-refractivity contribution < 1.29 is 14.8 Å². The molecule has 1 radical (unpaired) electrons. The van der Waals surface area contributed by atoms with Crippen molar-refractivity contribution >= 4 is 12.2 Å². The van der Waals surface area contributed by atoms with Crippen LogP contribution in [0.5, 0.6) is 0 Å². The third-order valence-corrected chi connectivity index (χ3v) is 1.38. The largest absolute Gasteiger partial charge is 0.288 e.